The Labute approximate surface area is 354 Å². The predicted octanol–water partition coefficient (Wildman–Crippen LogP) is 10.3. The molecule has 4 aliphatic rings. The molecule has 0 saturated carbocycles. The maximum Gasteiger partial charge on any atom is 0.343 e. The number of carbonyl (C=O) groups excluding carboxylic acids is 2. The molecule has 60 heavy (non-hydrogen) atoms. The number of epoxide rings is 4. The van der Waals surface area contributed by atoms with Crippen molar-refractivity contribution in [1.82, 2.24) is 0 Å². The van der Waals surface area contributed by atoms with E-state index in [9.17, 15) is 9.59 Å². The number of fused-ring (bicyclic) bond motifs is 1. The van der Waals surface area contributed by atoms with Crippen molar-refractivity contribution in [1.29, 1.82) is 0 Å². The Kier molecular flexibility index (Phi) is 15.0. The van der Waals surface area contributed by atoms with E-state index >= 15 is 0 Å². The normalized spacial score (nSPS) is 20.9. The second-order valence-electron chi connectivity index (χ2n) is 16.9. The number of ether oxygens (including phenoxy) is 8. The van der Waals surface area contributed by atoms with E-state index in [4.69, 9.17) is 37.9 Å². The van der Waals surface area contributed by atoms with Crippen LogP contribution in [0.3, 0.4) is 0 Å². The van der Waals surface area contributed by atoms with Crippen molar-refractivity contribution in [2.75, 3.05) is 39.6 Å². The third-order valence-corrected chi connectivity index (χ3v) is 12.1. The van der Waals surface area contributed by atoms with Crippen LogP contribution < -0.4 is 18.9 Å². The highest BCUT2D eigenvalue weighted by molar-refractivity contribution is 5.99. The van der Waals surface area contributed by atoms with Gasteiger partial charge in [-0.05, 0) is 111 Å². The highest BCUT2D eigenvalue weighted by Gasteiger charge is 2.38. The zero-order valence-corrected chi connectivity index (χ0v) is 34.8. The number of benzene rings is 4. The number of hydrogen-bond donors (Lipinski definition) is 0. The third-order valence-electron chi connectivity index (χ3n) is 12.1. The molecular formula is C50H60O10. The molecule has 6 atom stereocenters. The molecule has 0 N–H and O–H groups in total. The van der Waals surface area contributed by atoms with E-state index in [-0.39, 0.29) is 0 Å². The largest absolute Gasteiger partial charge is 0.494 e. The minimum Gasteiger partial charge on any atom is -0.494 e. The van der Waals surface area contributed by atoms with Crippen LogP contribution in [0.25, 0.3) is 10.8 Å². The third kappa shape index (κ3) is 13.3. The van der Waals surface area contributed by atoms with Gasteiger partial charge in [-0.1, -0.05) is 75.6 Å². The minimum absolute atomic E-state index is 0.377. The fourth-order valence-electron chi connectivity index (χ4n) is 8.23. The molecule has 4 aromatic rings. The first kappa shape index (κ1) is 42.2. The highest BCUT2D eigenvalue weighted by atomic mass is 16.6. The summed E-state index contributed by atoms with van der Waals surface area (Å²) >= 11 is 0. The number of carbonyl (C=O) groups is 2. The van der Waals surface area contributed by atoms with E-state index in [1.165, 1.54) is 51.4 Å². The lowest BCUT2D eigenvalue weighted by Crippen LogP contribution is -2.11. The molecule has 4 aliphatic heterocycles. The van der Waals surface area contributed by atoms with Gasteiger partial charge < -0.3 is 37.9 Å². The van der Waals surface area contributed by atoms with Crippen molar-refractivity contribution in [3.05, 3.63) is 96.1 Å². The Hall–Kier alpha value is -4.48. The van der Waals surface area contributed by atoms with Gasteiger partial charge in [-0.25, -0.2) is 9.59 Å². The first-order valence-electron chi connectivity index (χ1n) is 22.4. The van der Waals surface area contributed by atoms with Crippen LogP contribution in [0.4, 0.5) is 0 Å². The van der Waals surface area contributed by atoms with Gasteiger partial charge in [0.15, 0.2) is 0 Å². The number of esters is 2. The highest BCUT2D eigenvalue weighted by Crippen LogP contribution is 2.35. The van der Waals surface area contributed by atoms with Crippen LogP contribution in [0.15, 0.2) is 84.9 Å². The molecule has 320 valence electrons. The van der Waals surface area contributed by atoms with Crippen molar-refractivity contribution in [2.24, 2.45) is 11.8 Å². The van der Waals surface area contributed by atoms with Crippen LogP contribution in [0.2, 0.25) is 0 Å². The van der Waals surface area contributed by atoms with Gasteiger partial charge in [0.05, 0.1) is 75.2 Å². The van der Waals surface area contributed by atoms with E-state index in [0.717, 1.165) is 76.5 Å². The molecule has 6 unspecified atom stereocenters. The summed E-state index contributed by atoms with van der Waals surface area (Å²) in [5.74, 6) is 2.56. The smallest absolute Gasteiger partial charge is 0.343 e. The van der Waals surface area contributed by atoms with Crippen molar-refractivity contribution in [3.8, 4) is 23.0 Å². The fraction of sp³-hybridized carbons (Fsp3) is 0.520. The average molecular weight is 821 g/mol. The van der Waals surface area contributed by atoms with Crippen molar-refractivity contribution >= 4 is 22.7 Å². The summed E-state index contributed by atoms with van der Waals surface area (Å²) in [4.78, 5) is 26.4. The maximum atomic E-state index is 13.2. The molecule has 0 aromatic heterocycles. The topological polar surface area (TPSA) is 121 Å². The van der Waals surface area contributed by atoms with Gasteiger partial charge >= 0.3 is 11.9 Å². The quantitative estimate of drug-likeness (QED) is 0.0237. The molecule has 10 heteroatoms. The van der Waals surface area contributed by atoms with Crippen LogP contribution in [0, 0.1) is 11.8 Å². The molecule has 4 fully saturated rings. The molecule has 4 heterocycles. The number of hydrogen-bond acceptors (Lipinski definition) is 10. The van der Waals surface area contributed by atoms with Gasteiger partial charge in [-0.2, -0.15) is 0 Å². The lowest BCUT2D eigenvalue weighted by atomic mass is 9.93. The molecule has 4 aromatic carbocycles. The van der Waals surface area contributed by atoms with Crippen molar-refractivity contribution in [3.63, 3.8) is 0 Å². The van der Waals surface area contributed by atoms with Crippen LogP contribution >= 0.6 is 0 Å². The SMILES string of the molecule is O=C(Oc1cccc2c(OC(=O)c3ccc(OCCCCCCCC(CC4CO4)C4CO4)cc3)cccc12)c1ccc(OCCCCCCCC(CC2CO2)C2CO2)cc1. The molecule has 0 spiro atoms. The van der Waals surface area contributed by atoms with Crippen LogP contribution in [0.1, 0.15) is 111 Å². The van der Waals surface area contributed by atoms with Gasteiger partial charge in [0.25, 0.3) is 0 Å². The van der Waals surface area contributed by atoms with Crippen LogP contribution in [0.5, 0.6) is 23.0 Å². The molecule has 0 bridgehead atoms. The Bertz CT molecular complexity index is 1820. The average Bonchev–Trinajstić information content (AvgIpc) is 4.05. The van der Waals surface area contributed by atoms with E-state index in [0.29, 0.717) is 82.9 Å². The molecular weight excluding hydrogens is 761 g/mol. The van der Waals surface area contributed by atoms with Crippen LogP contribution in [-0.4, -0.2) is 76.0 Å². The maximum absolute atomic E-state index is 13.2. The summed E-state index contributed by atoms with van der Waals surface area (Å²) < 4.78 is 45.6. The summed E-state index contributed by atoms with van der Waals surface area (Å²) in [6.45, 7) is 4.98. The van der Waals surface area contributed by atoms with E-state index in [1.54, 1.807) is 72.8 Å². The van der Waals surface area contributed by atoms with Gasteiger partial charge in [0.1, 0.15) is 23.0 Å². The van der Waals surface area contributed by atoms with E-state index in [2.05, 4.69) is 0 Å². The summed E-state index contributed by atoms with van der Waals surface area (Å²) in [6.07, 6.45) is 18.3. The Morgan fingerprint density at radius 2 is 0.867 bits per heavy atom. The minimum atomic E-state index is -0.484. The lowest BCUT2D eigenvalue weighted by Gasteiger charge is -2.13. The first-order valence-corrected chi connectivity index (χ1v) is 22.4. The van der Waals surface area contributed by atoms with Crippen molar-refractivity contribution < 1.29 is 47.5 Å². The Morgan fingerprint density at radius 1 is 0.483 bits per heavy atom. The molecule has 0 radical (unpaired) electrons. The van der Waals surface area contributed by atoms with Crippen LogP contribution in [-0.2, 0) is 18.9 Å². The molecule has 4 saturated heterocycles. The first-order chi connectivity index (χ1) is 29.6. The Balaban J connectivity index is 0.722. The summed E-state index contributed by atoms with van der Waals surface area (Å²) in [5, 5.41) is 1.32. The molecule has 10 nitrogen and oxygen atoms in total. The van der Waals surface area contributed by atoms with Gasteiger partial charge in [-0.15, -0.1) is 0 Å². The standard InChI is InChI=1S/C50H60O10/c51-49(35-19-23-39(24-20-35)53-27-9-5-1-3-7-13-37(47-33-57-47)29-41-31-55-41)59-45-17-11-16-44-43(45)15-12-18-46(44)60-50(52)36-21-25-40(26-22-36)54-28-10-6-2-4-8-14-38(48-34-58-48)30-42-32-56-42/h11-12,15-26,37-38,41-42,47-48H,1-10,13-14,27-34H2. The fourth-order valence-corrected chi connectivity index (χ4v) is 8.23. The monoisotopic (exact) mass is 820 g/mol. The Morgan fingerprint density at radius 3 is 1.25 bits per heavy atom. The van der Waals surface area contributed by atoms with E-state index in [1.807, 2.05) is 12.1 Å². The summed E-state index contributed by atoms with van der Waals surface area (Å²) in [6, 6.07) is 24.8. The molecule has 8 rings (SSSR count). The lowest BCUT2D eigenvalue weighted by molar-refractivity contribution is 0.0725. The number of unbranched alkanes of at least 4 members (excludes halogenated alkanes) is 8. The second-order valence-corrected chi connectivity index (χ2v) is 16.9. The predicted molar refractivity (Wildman–Crippen MR) is 228 cm³/mol. The van der Waals surface area contributed by atoms with Gasteiger partial charge in [-0.3, -0.25) is 0 Å². The number of rotatable bonds is 28. The zero-order chi connectivity index (χ0) is 40.9. The zero-order valence-electron chi connectivity index (χ0n) is 34.8. The molecule has 0 aliphatic carbocycles. The van der Waals surface area contributed by atoms with E-state index < -0.39 is 11.9 Å². The summed E-state index contributed by atoms with van der Waals surface area (Å²) in [5.41, 5.74) is 0.827. The van der Waals surface area contributed by atoms with Gasteiger partial charge in [0, 0.05) is 10.8 Å². The van der Waals surface area contributed by atoms with Crippen molar-refractivity contribution in [2.45, 2.75) is 114 Å². The summed E-state index contributed by atoms with van der Waals surface area (Å²) in [7, 11) is 0. The molecule has 0 amide bonds. The second kappa shape index (κ2) is 21.4. The van der Waals surface area contributed by atoms with Gasteiger partial charge in [0.2, 0.25) is 0 Å².